The number of esters is 1. The zero-order valence-electron chi connectivity index (χ0n) is 8.25. The van der Waals surface area contributed by atoms with Crippen LogP contribution >= 0.6 is 0 Å². The van der Waals surface area contributed by atoms with Crippen molar-refractivity contribution in [3.63, 3.8) is 0 Å². The summed E-state index contributed by atoms with van der Waals surface area (Å²) in [7, 11) is 1.14. The van der Waals surface area contributed by atoms with Crippen LogP contribution in [-0.2, 0) is 14.3 Å². The van der Waals surface area contributed by atoms with Gasteiger partial charge in [-0.15, -0.1) is 0 Å². The highest BCUT2D eigenvalue weighted by Crippen LogP contribution is 2.03. The number of amides is 1. The number of hydrogen-bond acceptors (Lipinski definition) is 4. The van der Waals surface area contributed by atoms with Crippen molar-refractivity contribution in [3.05, 3.63) is 0 Å². The van der Waals surface area contributed by atoms with Crippen LogP contribution in [0.4, 0.5) is 0 Å². The Bertz CT molecular complexity index is 210. The van der Waals surface area contributed by atoms with Crippen molar-refractivity contribution in [2.75, 3.05) is 7.11 Å². The first kappa shape index (κ1) is 11.9. The van der Waals surface area contributed by atoms with E-state index in [1.165, 1.54) is 6.92 Å². The molecule has 0 aromatic heterocycles. The molecule has 5 nitrogen and oxygen atoms in total. The summed E-state index contributed by atoms with van der Waals surface area (Å²) in [4.78, 5) is 22.0. The number of carbonyl (C=O) groups excluding carboxylic acids is 2. The van der Waals surface area contributed by atoms with Crippen LogP contribution in [0.25, 0.3) is 0 Å². The van der Waals surface area contributed by atoms with Crippen molar-refractivity contribution in [2.24, 2.45) is 5.92 Å². The minimum absolute atomic E-state index is 0.295. The van der Waals surface area contributed by atoms with Crippen molar-refractivity contribution in [3.8, 4) is 0 Å². The number of hydrogen-bond donors (Lipinski definition) is 2. The molecule has 13 heavy (non-hydrogen) atoms. The molecule has 0 aliphatic carbocycles. The van der Waals surface area contributed by atoms with Gasteiger partial charge in [-0.3, -0.25) is 4.79 Å². The minimum atomic E-state index is -1.95. The van der Waals surface area contributed by atoms with Crippen LogP contribution in [0.5, 0.6) is 0 Å². The molecule has 1 amide bonds. The molecule has 0 fully saturated rings. The van der Waals surface area contributed by atoms with Gasteiger partial charge in [0, 0.05) is 5.92 Å². The fourth-order valence-electron chi connectivity index (χ4n) is 0.634. The van der Waals surface area contributed by atoms with E-state index in [1.54, 1.807) is 13.8 Å². The van der Waals surface area contributed by atoms with Gasteiger partial charge in [-0.1, -0.05) is 13.8 Å². The first-order valence-corrected chi connectivity index (χ1v) is 3.94. The van der Waals surface area contributed by atoms with Crippen LogP contribution in [0.2, 0.25) is 0 Å². The molecule has 0 heterocycles. The van der Waals surface area contributed by atoms with E-state index >= 15 is 0 Å². The van der Waals surface area contributed by atoms with Crippen molar-refractivity contribution < 1.29 is 19.4 Å². The van der Waals surface area contributed by atoms with E-state index in [2.05, 4.69) is 10.1 Å². The second-order valence-electron chi connectivity index (χ2n) is 3.21. The van der Waals surface area contributed by atoms with Gasteiger partial charge in [0.25, 0.3) is 0 Å². The number of methoxy groups -OCH3 is 1. The van der Waals surface area contributed by atoms with E-state index in [4.69, 9.17) is 0 Å². The molecule has 0 saturated heterocycles. The van der Waals surface area contributed by atoms with Crippen LogP contribution < -0.4 is 5.32 Å². The largest absolute Gasteiger partial charge is 0.465 e. The molecule has 0 bridgehead atoms. The molecule has 0 spiro atoms. The smallest absolute Gasteiger partial charge is 0.359 e. The Morgan fingerprint density at radius 2 is 1.92 bits per heavy atom. The van der Waals surface area contributed by atoms with Gasteiger partial charge in [0.15, 0.2) is 0 Å². The van der Waals surface area contributed by atoms with Gasteiger partial charge in [-0.2, -0.15) is 0 Å². The number of aliphatic hydroxyl groups is 1. The second-order valence-corrected chi connectivity index (χ2v) is 3.21. The Kier molecular flexibility index (Phi) is 3.87. The number of nitrogens with one attached hydrogen (secondary N) is 1. The lowest BCUT2D eigenvalue weighted by atomic mass is 10.1. The Hall–Kier alpha value is -1.10. The monoisotopic (exact) mass is 189 g/mol. The summed E-state index contributed by atoms with van der Waals surface area (Å²) in [5, 5.41) is 11.5. The maximum atomic E-state index is 11.1. The Morgan fingerprint density at radius 1 is 1.46 bits per heavy atom. The highest BCUT2D eigenvalue weighted by Gasteiger charge is 2.33. The van der Waals surface area contributed by atoms with E-state index in [0.717, 1.165) is 7.11 Å². The molecule has 0 rings (SSSR count). The van der Waals surface area contributed by atoms with Crippen molar-refractivity contribution in [2.45, 2.75) is 26.5 Å². The highest BCUT2D eigenvalue weighted by atomic mass is 16.5. The molecule has 0 aromatic carbocycles. The predicted octanol–water partition coefficient (Wildman–Crippen LogP) is -0.360. The van der Waals surface area contributed by atoms with Gasteiger partial charge in [0.2, 0.25) is 11.6 Å². The summed E-state index contributed by atoms with van der Waals surface area (Å²) < 4.78 is 4.29. The maximum Gasteiger partial charge on any atom is 0.359 e. The molecule has 2 N–H and O–H groups in total. The normalized spacial score (nSPS) is 14.9. The predicted molar refractivity (Wildman–Crippen MR) is 45.6 cm³/mol. The average Bonchev–Trinajstić information content (AvgIpc) is 2.01. The maximum absolute atomic E-state index is 11.1. The first-order valence-electron chi connectivity index (χ1n) is 3.94. The standard InChI is InChI=1S/C8H15NO4/c1-5(2)6(10)9-8(3,12)7(11)13-4/h5,12H,1-4H3,(H,9,10). The lowest BCUT2D eigenvalue weighted by molar-refractivity contribution is -0.167. The Balaban J connectivity index is 4.33. The lowest BCUT2D eigenvalue weighted by Gasteiger charge is -2.22. The van der Waals surface area contributed by atoms with Gasteiger partial charge in [0.05, 0.1) is 7.11 Å². The van der Waals surface area contributed by atoms with Crippen molar-refractivity contribution in [1.82, 2.24) is 5.32 Å². The van der Waals surface area contributed by atoms with Crippen LogP contribution in [0.3, 0.4) is 0 Å². The second kappa shape index (κ2) is 4.23. The van der Waals surface area contributed by atoms with Crippen molar-refractivity contribution >= 4 is 11.9 Å². The first-order chi connectivity index (χ1) is 5.81. The fraction of sp³-hybridized carbons (Fsp3) is 0.750. The third kappa shape index (κ3) is 3.42. The molecule has 76 valence electrons. The van der Waals surface area contributed by atoms with Gasteiger partial charge in [-0.25, -0.2) is 4.79 Å². The summed E-state index contributed by atoms with van der Waals surface area (Å²) in [5.41, 5.74) is -1.95. The van der Waals surface area contributed by atoms with E-state index in [0.29, 0.717) is 0 Å². The lowest BCUT2D eigenvalue weighted by Crippen LogP contribution is -2.53. The number of rotatable bonds is 3. The van der Waals surface area contributed by atoms with E-state index < -0.39 is 17.6 Å². The van der Waals surface area contributed by atoms with Gasteiger partial charge < -0.3 is 15.2 Å². The summed E-state index contributed by atoms with van der Waals surface area (Å²) in [6.45, 7) is 4.48. The van der Waals surface area contributed by atoms with Crippen LogP contribution in [0.15, 0.2) is 0 Å². The van der Waals surface area contributed by atoms with E-state index in [1.807, 2.05) is 0 Å². The van der Waals surface area contributed by atoms with Gasteiger partial charge >= 0.3 is 5.97 Å². The molecule has 0 radical (unpaired) electrons. The van der Waals surface area contributed by atoms with Gasteiger partial charge in [-0.05, 0) is 6.92 Å². The highest BCUT2D eigenvalue weighted by molar-refractivity contribution is 5.86. The quantitative estimate of drug-likeness (QED) is 0.469. The molecular formula is C8H15NO4. The SMILES string of the molecule is COC(=O)C(C)(O)NC(=O)C(C)C. The van der Waals surface area contributed by atoms with Gasteiger partial charge in [0.1, 0.15) is 0 Å². The average molecular weight is 189 g/mol. The van der Waals surface area contributed by atoms with Crippen LogP contribution in [0, 0.1) is 5.92 Å². The summed E-state index contributed by atoms with van der Waals surface area (Å²) >= 11 is 0. The Morgan fingerprint density at radius 3 is 2.23 bits per heavy atom. The summed E-state index contributed by atoms with van der Waals surface area (Å²) in [6.07, 6.45) is 0. The topological polar surface area (TPSA) is 75.6 Å². The Labute approximate surface area is 77.1 Å². The molecule has 5 heteroatoms. The van der Waals surface area contributed by atoms with E-state index in [9.17, 15) is 14.7 Å². The zero-order valence-corrected chi connectivity index (χ0v) is 8.25. The minimum Gasteiger partial charge on any atom is -0.465 e. The van der Waals surface area contributed by atoms with Crippen LogP contribution in [-0.4, -0.2) is 29.8 Å². The van der Waals surface area contributed by atoms with Crippen LogP contribution in [0.1, 0.15) is 20.8 Å². The third-order valence-electron chi connectivity index (χ3n) is 1.47. The summed E-state index contributed by atoms with van der Waals surface area (Å²) in [5.74, 6) is -1.59. The third-order valence-corrected chi connectivity index (χ3v) is 1.47. The molecule has 0 saturated carbocycles. The molecule has 1 atom stereocenters. The molecule has 0 aliphatic heterocycles. The molecule has 0 aliphatic rings. The molecule has 1 unspecified atom stereocenters. The molecule has 0 aromatic rings. The number of carbonyl (C=O) groups is 2. The number of ether oxygens (including phenoxy) is 1. The zero-order chi connectivity index (χ0) is 10.6. The van der Waals surface area contributed by atoms with Crippen molar-refractivity contribution in [1.29, 1.82) is 0 Å². The molecular weight excluding hydrogens is 174 g/mol. The van der Waals surface area contributed by atoms with E-state index in [-0.39, 0.29) is 5.92 Å². The fourth-order valence-corrected chi connectivity index (χ4v) is 0.634. The summed E-state index contributed by atoms with van der Waals surface area (Å²) in [6, 6.07) is 0.